The van der Waals surface area contributed by atoms with Crippen LogP contribution in [-0.4, -0.2) is 90.4 Å². The fraction of sp³-hybridized carbons (Fsp3) is 0.520. The molecular formula is C25H31ClN8O3S. The molecule has 3 aromatic heterocycles. The largest absolute Gasteiger partial charge is 0.481 e. The van der Waals surface area contributed by atoms with E-state index in [1.54, 1.807) is 17.4 Å². The van der Waals surface area contributed by atoms with E-state index in [1.807, 2.05) is 36.2 Å². The Morgan fingerprint density at radius 1 is 1.24 bits per heavy atom. The minimum atomic E-state index is -0.266. The molecule has 1 amide bonds. The molecule has 1 unspecified atom stereocenters. The predicted octanol–water partition coefficient (Wildman–Crippen LogP) is 1.95. The Morgan fingerprint density at radius 3 is 2.84 bits per heavy atom. The summed E-state index contributed by atoms with van der Waals surface area (Å²) in [6, 6.07) is 3.39. The van der Waals surface area contributed by atoms with Crippen molar-refractivity contribution in [3.8, 4) is 5.75 Å². The lowest BCUT2D eigenvalue weighted by Gasteiger charge is -2.36. The van der Waals surface area contributed by atoms with Crippen molar-refractivity contribution in [2.75, 3.05) is 69.9 Å². The molecule has 6 heterocycles. The molecule has 1 saturated heterocycles. The molecule has 0 radical (unpaired) electrons. The van der Waals surface area contributed by atoms with Gasteiger partial charge in [0.25, 0.3) is 5.91 Å². The third kappa shape index (κ3) is 4.81. The Labute approximate surface area is 230 Å². The van der Waals surface area contributed by atoms with E-state index in [-0.39, 0.29) is 23.7 Å². The first-order valence-corrected chi connectivity index (χ1v) is 14.0. The van der Waals surface area contributed by atoms with Crippen molar-refractivity contribution >= 4 is 39.8 Å². The molecule has 38 heavy (non-hydrogen) atoms. The number of aromatic nitrogens is 4. The van der Waals surface area contributed by atoms with Crippen LogP contribution in [0.5, 0.6) is 5.75 Å². The van der Waals surface area contributed by atoms with Gasteiger partial charge >= 0.3 is 0 Å². The summed E-state index contributed by atoms with van der Waals surface area (Å²) in [4.78, 5) is 34.7. The summed E-state index contributed by atoms with van der Waals surface area (Å²) in [5.74, 6) is 2.08. The number of nitrogens with one attached hydrogen (secondary N) is 1. The van der Waals surface area contributed by atoms with E-state index in [1.165, 1.54) is 0 Å². The van der Waals surface area contributed by atoms with E-state index >= 15 is 0 Å². The van der Waals surface area contributed by atoms with Gasteiger partial charge < -0.3 is 34.1 Å². The van der Waals surface area contributed by atoms with Crippen molar-refractivity contribution in [1.82, 2.24) is 29.7 Å². The maximum atomic E-state index is 13.7. The molecule has 202 valence electrons. The average molecular weight is 559 g/mol. The van der Waals surface area contributed by atoms with Gasteiger partial charge in [-0.3, -0.25) is 4.79 Å². The van der Waals surface area contributed by atoms with Crippen LogP contribution in [0.3, 0.4) is 0 Å². The minimum absolute atomic E-state index is 0.113. The number of morpholine rings is 1. The van der Waals surface area contributed by atoms with Crippen LogP contribution in [-0.2, 0) is 29.0 Å². The van der Waals surface area contributed by atoms with Gasteiger partial charge in [0, 0.05) is 59.4 Å². The van der Waals surface area contributed by atoms with Gasteiger partial charge in [-0.05, 0) is 12.1 Å². The number of pyridine rings is 1. The first-order chi connectivity index (χ1) is 18.5. The molecule has 0 aromatic carbocycles. The standard InChI is InChI=1S/C25H31ClN8O3S/c1-31(2)25-28-13-18(38-25)23-22-16(29-20-14-27-6-8-33(20)22)5-7-34(23)21(35)15-37-17-3-4-19(30-24(17)26)32-9-11-36-12-10-32/h3-4,13,23,27H,5-12,14-15H2,1-2H3. The van der Waals surface area contributed by atoms with Gasteiger partial charge in [0.05, 0.1) is 36.0 Å². The lowest BCUT2D eigenvalue weighted by atomic mass is 10.0. The smallest absolute Gasteiger partial charge is 0.261 e. The number of thiazole rings is 1. The number of halogens is 1. The maximum absolute atomic E-state index is 13.7. The van der Waals surface area contributed by atoms with Crippen molar-refractivity contribution in [2.45, 2.75) is 25.6 Å². The molecule has 13 heteroatoms. The van der Waals surface area contributed by atoms with Crippen LogP contribution in [0.25, 0.3) is 0 Å². The Bertz CT molecular complexity index is 1320. The highest BCUT2D eigenvalue weighted by Gasteiger charge is 2.38. The number of rotatable bonds is 6. The summed E-state index contributed by atoms with van der Waals surface area (Å²) in [6.45, 7) is 5.71. The summed E-state index contributed by atoms with van der Waals surface area (Å²) in [6.07, 6.45) is 2.58. The van der Waals surface area contributed by atoms with Crippen LogP contribution in [0.4, 0.5) is 10.9 Å². The Kier molecular flexibility index (Phi) is 7.12. The molecule has 11 nitrogen and oxygen atoms in total. The van der Waals surface area contributed by atoms with E-state index < -0.39 is 0 Å². The van der Waals surface area contributed by atoms with Gasteiger partial charge in [0.2, 0.25) is 0 Å². The second kappa shape index (κ2) is 10.7. The molecule has 0 saturated carbocycles. The molecule has 0 spiro atoms. The number of anilines is 2. The summed E-state index contributed by atoms with van der Waals surface area (Å²) in [5.41, 5.74) is 2.15. The van der Waals surface area contributed by atoms with Crippen molar-refractivity contribution in [3.63, 3.8) is 0 Å². The highest BCUT2D eigenvalue weighted by Crippen LogP contribution is 2.40. The molecule has 3 aromatic rings. The number of hydrogen-bond donors (Lipinski definition) is 1. The van der Waals surface area contributed by atoms with Crippen molar-refractivity contribution < 1.29 is 14.3 Å². The van der Waals surface area contributed by atoms with Crippen LogP contribution < -0.4 is 19.9 Å². The van der Waals surface area contributed by atoms with Crippen LogP contribution in [0, 0.1) is 0 Å². The molecule has 1 N–H and O–H groups in total. The zero-order chi connectivity index (χ0) is 26.2. The van der Waals surface area contributed by atoms with Gasteiger partial charge in [-0.1, -0.05) is 22.9 Å². The monoisotopic (exact) mass is 558 g/mol. The fourth-order valence-electron chi connectivity index (χ4n) is 5.21. The second-order valence-corrected chi connectivity index (χ2v) is 11.1. The Hall–Kier alpha value is -2.93. The molecule has 3 aliphatic heterocycles. The molecule has 0 bridgehead atoms. The summed E-state index contributed by atoms with van der Waals surface area (Å²) >= 11 is 8.06. The van der Waals surface area contributed by atoms with Crippen molar-refractivity contribution in [2.24, 2.45) is 0 Å². The molecule has 0 aliphatic carbocycles. The number of nitrogens with zero attached hydrogens (tertiary/aromatic N) is 7. The lowest BCUT2D eigenvalue weighted by Crippen LogP contribution is -2.44. The highest BCUT2D eigenvalue weighted by molar-refractivity contribution is 7.15. The number of carbonyl (C=O) groups is 1. The predicted molar refractivity (Wildman–Crippen MR) is 145 cm³/mol. The molecule has 1 fully saturated rings. The number of imidazole rings is 1. The SMILES string of the molecule is CN(C)c1ncc(C2c3c(nc4n3CCNC4)CCN2C(=O)COc2ccc(N3CCOCC3)nc2Cl)s1. The Balaban J connectivity index is 1.24. The third-order valence-electron chi connectivity index (χ3n) is 7.09. The number of ether oxygens (including phenoxy) is 2. The summed E-state index contributed by atoms with van der Waals surface area (Å²) in [5, 5.41) is 4.54. The van der Waals surface area contributed by atoms with Gasteiger partial charge in [0.1, 0.15) is 17.7 Å². The summed E-state index contributed by atoms with van der Waals surface area (Å²) in [7, 11) is 3.94. The zero-order valence-corrected chi connectivity index (χ0v) is 23.1. The van der Waals surface area contributed by atoms with E-state index in [0.717, 1.165) is 65.8 Å². The average Bonchev–Trinajstić information content (AvgIpc) is 3.58. The number of fused-ring (bicyclic) bond motifs is 3. The first-order valence-electron chi connectivity index (χ1n) is 12.8. The number of hydrogen-bond acceptors (Lipinski definition) is 10. The van der Waals surface area contributed by atoms with Gasteiger partial charge in [0.15, 0.2) is 22.6 Å². The quantitative estimate of drug-likeness (QED) is 0.455. The van der Waals surface area contributed by atoms with Gasteiger partial charge in [-0.2, -0.15) is 0 Å². The first kappa shape index (κ1) is 25.4. The van der Waals surface area contributed by atoms with Crippen LogP contribution in [0.1, 0.15) is 28.1 Å². The van der Waals surface area contributed by atoms with Crippen LogP contribution in [0.15, 0.2) is 18.3 Å². The van der Waals surface area contributed by atoms with E-state index in [9.17, 15) is 4.79 Å². The minimum Gasteiger partial charge on any atom is -0.481 e. The molecule has 3 aliphatic rings. The van der Waals surface area contributed by atoms with E-state index in [2.05, 4.69) is 24.8 Å². The third-order valence-corrected chi connectivity index (χ3v) is 8.58. The second-order valence-electron chi connectivity index (χ2n) is 9.71. The summed E-state index contributed by atoms with van der Waals surface area (Å²) < 4.78 is 13.6. The molecule has 6 rings (SSSR count). The van der Waals surface area contributed by atoms with Crippen molar-refractivity contribution in [3.05, 3.63) is 45.6 Å². The molecule has 1 atom stereocenters. The van der Waals surface area contributed by atoms with Crippen LogP contribution >= 0.6 is 22.9 Å². The normalized spacial score (nSPS) is 19.2. The number of carbonyl (C=O) groups excluding carboxylic acids is 1. The van der Waals surface area contributed by atoms with Crippen molar-refractivity contribution in [1.29, 1.82) is 0 Å². The number of amides is 1. The van der Waals surface area contributed by atoms with E-state index in [0.29, 0.717) is 31.9 Å². The maximum Gasteiger partial charge on any atom is 0.261 e. The lowest BCUT2D eigenvalue weighted by molar-refractivity contribution is -0.135. The van der Waals surface area contributed by atoms with Gasteiger partial charge in [-0.15, -0.1) is 0 Å². The van der Waals surface area contributed by atoms with E-state index in [4.69, 9.17) is 26.1 Å². The highest BCUT2D eigenvalue weighted by atomic mass is 35.5. The fourth-order valence-corrected chi connectivity index (χ4v) is 6.37. The zero-order valence-electron chi connectivity index (χ0n) is 21.5. The molecular weight excluding hydrogens is 528 g/mol. The van der Waals surface area contributed by atoms with Gasteiger partial charge in [-0.25, -0.2) is 15.0 Å². The van der Waals surface area contributed by atoms with Crippen LogP contribution in [0.2, 0.25) is 5.15 Å². The Morgan fingerprint density at radius 2 is 2.08 bits per heavy atom. The topological polar surface area (TPSA) is 101 Å².